The average molecular weight is 271 g/mol. The number of amides is 1. The largest absolute Gasteiger partial charge is 0.452 e. The van der Waals surface area contributed by atoms with E-state index in [4.69, 9.17) is 4.74 Å². The highest BCUT2D eigenvalue weighted by Crippen LogP contribution is 2.04. The fourth-order valence-corrected chi connectivity index (χ4v) is 1.42. The number of ether oxygens (including phenoxy) is 1. The third kappa shape index (κ3) is 3.88. The monoisotopic (exact) mass is 271 g/mol. The molecule has 0 atom stereocenters. The van der Waals surface area contributed by atoms with Gasteiger partial charge in [-0.05, 0) is 30.7 Å². The van der Waals surface area contributed by atoms with Crippen LogP contribution in [0.15, 0.2) is 42.9 Å². The predicted octanol–water partition coefficient (Wildman–Crippen LogP) is 1.58. The van der Waals surface area contributed by atoms with Crippen LogP contribution >= 0.6 is 0 Å². The molecule has 0 aliphatic heterocycles. The van der Waals surface area contributed by atoms with Gasteiger partial charge in [-0.25, -0.2) is 9.78 Å². The molecule has 1 N–H and O–H groups in total. The Morgan fingerprint density at radius 2 is 1.95 bits per heavy atom. The number of hydrogen-bond donors (Lipinski definition) is 1. The Morgan fingerprint density at radius 1 is 1.20 bits per heavy atom. The summed E-state index contributed by atoms with van der Waals surface area (Å²) in [6.07, 6.45) is 4.60. The van der Waals surface area contributed by atoms with Crippen molar-refractivity contribution in [2.24, 2.45) is 0 Å². The molecule has 0 bridgehead atoms. The SMILES string of the molecule is Cc1ccc(NC(=O)COC(=O)c2ccncc2)nc1. The molecule has 6 heteroatoms. The second kappa shape index (κ2) is 6.42. The highest BCUT2D eigenvalue weighted by atomic mass is 16.5. The number of hydrogen-bond acceptors (Lipinski definition) is 5. The van der Waals surface area contributed by atoms with E-state index in [9.17, 15) is 9.59 Å². The third-order valence-corrected chi connectivity index (χ3v) is 2.43. The summed E-state index contributed by atoms with van der Waals surface area (Å²) in [6, 6.07) is 6.53. The molecular weight excluding hydrogens is 258 g/mol. The molecule has 0 unspecified atom stereocenters. The van der Waals surface area contributed by atoms with Crippen molar-refractivity contribution in [3.63, 3.8) is 0 Å². The van der Waals surface area contributed by atoms with Gasteiger partial charge in [0, 0.05) is 18.6 Å². The van der Waals surface area contributed by atoms with Gasteiger partial charge in [-0.3, -0.25) is 9.78 Å². The summed E-state index contributed by atoms with van der Waals surface area (Å²) in [6.45, 7) is 1.53. The van der Waals surface area contributed by atoms with Crippen LogP contribution in [0.2, 0.25) is 0 Å². The molecule has 0 spiro atoms. The first-order chi connectivity index (χ1) is 9.65. The number of carbonyl (C=O) groups is 2. The van der Waals surface area contributed by atoms with Gasteiger partial charge in [0.1, 0.15) is 5.82 Å². The first kappa shape index (κ1) is 13.7. The van der Waals surface area contributed by atoms with Crippen molar-refractivity contribution in [2.75, 3.05) is 11.9 Å². The van der Waals surface area contributed by atoms with Gasteiger partial charge in [-0.2, -0.15) is 0 Å². The molecule has 2 aromatic rings. The minimum Gasteiger partial charge on any atom is -0.452 e. The first-order valence-corrected chi connectivity index (χ1v) is 5.95. The van der Waals surface area contributed by atoms with Crippen LogP contribution in [0.5, 0.6) is 0 Å². The van der Waals surface area contributed by atoms with Crippen molar-refractivity contribution in [3.8, 4) is 0 Å². The molecule has 1 amide bonds. The zero-order valence-corrected chi connectivity index (χ0v) is 10.9. The number of carbonyl (C=O) groups excluding carboxylic acids is 2. The Morgan fingerprint density at radius 3 is 2.60 bits per heavy atom. The molecule has 0 radical (unpaired) electrons. The molecular formula is C14H13N3O3. The smallest absolute Gasteiger partial charge is 0.338 e. The van der Waals surface area contributed by atoms with Crippen LogP contribution in [0.3, 0.4) is 0 Å². The summed E-state index contributed by atoms with van der Waals surface area (Å²) in [5.41, 5.74) is 1.34. The highest BCUT2D eigenvalue weighted by molar-refractivity contribution is 5.94. The molecule has 20 heavy (non-hydrogen) atoms. The summed E-state index contributed by atoms with van der Waals surface area (Å²) >= 11 is 0. The average Bonchev–Trinajstić information content (AvgIpc) is 2.48. The standard InChI is InChI=1S/C14H13N3O3/c1-10-2-3-12(16-8-10)17-13(18)9-20-14(19)11-4-6-15-7-5-11/h2-8H,9H2,1H3,(H,16,17,18). The van der Waals surface area contributed by atoms with Crippen LogP contribution in [0.4, 0.5) is 5.82 Å². The van der Waals surface area contributed by atoms with E-state index in [1.54, 1.807) is 12.3 Å². The van der Waals surface area contributed by atoms with Gasteiger partial charge in [-0.15, -0.1) is 0 Å². The van der Waals surface area contributed by atoms with Crippen molar-refractivity contribution in [2.45, 2.75) is 6.92 Å². The zero-order chi connectivity index (χ0) is 14.4. The number of aryl methyl sites for hydroxylation is 1. The number of nitrogens with one attached hydrogen (secondary N) is 1. The molecule has 0 aromatic carbocycles. The number of pyridine rings is 2. The van der Waals surface area contributed by atoms with Crippen molar-refractivity contribution < 1.29 is 14.3 Å². The zero-order valence-electron chi connectivity index (χ0n) is 10.9. The summed E-state index contributed by atoms with van der Waals surface area (Å²) in [4.78, 5) is 31.0. The lowest BCUT2D eigenvalue weighted by molar-refractivity contribution is -0.119. The normalized spacial score (nSPS) is 9.85. The second-order valence-electron chi connectivity index (χ2n) is 4.08. The first-order valence-electron chi connectivity index (χ1n) is 5.95. The molecule has 0 fully saturated rings. The van der Waals surface area contributed by atoms with E-state index in [1.807, 2.05) is 13.0 Å². The Bertz CT molecular complexity index is 597. The summed E-state index contributed by atoms with van der Waals surface area (Å²) in [5.74, 6) is -0.594. The summed E-state index contributed by atoms with van der Waals surface area (Å²) in [5, 5.41) is 2.54. The maximum Gasteiger partial charge on any atom is 0.338 e. The lowest BCUT2D eigenvalue weighted by Gasteiger charge is -2.06. The van der Waals surface area contributed by atoms with Crippen molar-refractivity contribution in [1.29, 1.82) is 0 Å². The van der Waals surface area contributed by atoms with E-state index in [0.29, 0.717) is 11.4 Å². The van der Waals surface area contributed by atoms with Gasteiger partial charge in [0.2, 0.25) is 0 Å². The molecule has 6 nitrogen and oxygen atoms in total. The Labute approximate surface area is 115 Å². The molecule has 2 rings (SSSR count). The predicted molar refractivity (Wildman–Crippen MR) is 72.1 cm³/mol. The van der Waals surface area contributed by atoms with Crippen LogP contribution in [-0.4, -0.2) is 28.5 Å². The van der Waals surface area contributed by atoms with Gasteiger partial charge >= 0.3 is 5.97 Å². The summed E-state index contributed by atoms with van der Waals surface area (Å²) < 4.78 is 4.88. The molecule has 2 heterocycles. The van der Waals surface area contributed by atoms with E-state index < -0.39 is 11.9 Å². The van der Waals surface area contributed by atoms with Gasteiger partial charge in [-0.1, -0.05) is 6.07 Å². The maximum absolute atomic E-state index is 11.6. The fraction of sp³-hybridized carbons (Fsp3) is 0.143. The molecule has 0 aliphatic carbocycles. The number of esters is 1. The minimum absolute atomic E-state index is 0.348. The van der Waals surface area contributed by atoms with Crippen LogP contribution in [-0.2, 0) is 9.53 Å². The Kier molecular flexibility index (Phi) is 4.39. The molecule has 2 aromatic heterocycles. The fourth-order valence-electron chi connectivity index (χ4n) is 1.42. The third-order valence-electron chi connectivity index (χ3n) is 2.43. The lowest BCUT2D eigenvalue weighted by Crippen LogP contribution is -2.21. The maximum atomic E-state index is 11.6. The lowest BCUT2D eigenvalue weighted by atomic mass is 10.3. The van der Waals surface area contributed by atoms with E-state index in [0.717, 1.165) is 5.56 Å². The van der Waals surface area contributed by atoms with E-state index >= 15 is 0 Å². The second-order valence-corrected chi connectivity index (χ2v) is 4.08. The van der Waals surface area contributed by atoms with Gasteiger partial charge in [0.05, 0.1) is 5.56 Å². The highest BCUT2D eigenvalue weighted by Gasteiger charge is 2.10. The number of nitrogens with zero attached hydrogens (tertiary/aromatic N) is 2. The van der Waals surface area contributed by atoms with Gasteiger partial charge < -0.3 is 10.1 Å². The van der Waals surface area contributed by atoms with Crippen LogP contribution in [0.1, 0.15) is 15.9 Å². The van der Waals surface area contributed by atoms with Crippen molar-refractivity contribution in [1.82, 2.24) is 9.97 Å². The van der Waals surface area contributed by atoms with E-state index in [2.05, 4.69) is 15.3 Å². The van der Waals surface area contributed by atoms with Gasteiger partial charge in [0.25, 0.3) is 5.91 Å². The van der Waals surface area contributed by atoms with Crippen LogP contribution in [0, 0.1) is 6.92 Å². The Hall–Kier alpha value is -2.76. The van der Waals surface area contributed by atoms with Crippen molar-refractivity contribution >= 4 is 17.7 Å². The molecule has 0 aliphatic rings. The molecule has 0 saturated heterocycles. The number of aromatic nitrogens is 2. The number of rotatable bonds is 4. The quantitative estimate of drug-likeness (QED) is 0.854. The van der Waals surface area contributed by atoms with Crippen molar-refractivity contribution in [3.05, 3.63) is 54.0 Å². The van der Waals surface area contributed by atoms with Crippen LogP contribution < -0.4 is 5.32 Å². The van der Waals surface area contributed by atoms with Crippen LogP contribution in [0.25, 0.3) is 0 Å². The molecule has 102 valence electrons. The molecule has 0 saturated carbocycles. The van der Waals surface area contributed by atoms with E-state index in [-0.39, 0.29) is 6.61 Å². The minimum atomic E-state index is -0.570. The topological polar surface area (TPSA) is 81.2 Å². The number of anilines is 1. The van der Waals surface area contributed by atoms with E-state index in [1.165, 1.54) is 24.5 Å². The van der Waals surface area contributed by atoms with Gasteiger partial charge in [0.15, 0.2) is 6.61 Å². The Balaban J connectivity index is 1.83. The summed E-state index contributed by atoms with van der Waals surface area (Å²) in [7, 11) is 0.